The van der Waals surface area contributed by atoms with E-state index in [2.05, 4.69) is 0 Å². The topological polar surface area (TPSA) is 91.3 Å². The molecule has 5 rings (SSSR count). The van der Waals surface area contributed by atoms with Gasteiger partial charge in [0.15, 0.2) is 11.5 Å². The first-order valence-electron chi connectivity index (χ1n) is 13.7. The molecule has 2 fully saturated rings. The molecule has 8 heteroatoms. The fraction of sp³-hybridized carbons (Fsp3) is 0.548. The molecule has 2 aromatic carbocycles. The van der Waals surface area contributed by atoms with Crippen molar-refractivity contribution >= 4 is 23.5 Å². The Balaban J connectivity index is 1.60. The molecule has 1 N–H and O–H groups in total. The van der Waals surface area contributed by atoms with Crippen LogP contribution in [0.5, 0.6) is 23.0 Å². The monoisotopic (exact) mass is 556 g/mol. The molecule has 0 amide bonds. The number of rotatable bonds is 6. The number of carbonyl (C=O) groups excluding carboxylic acids is 2. The molecule has 0 spiro atoms. The van der Waals surface area contributed by atoms with E-state index in [1.807, 2.05) is 34.6 Å². The number of hydrogen-bond acceptors (Lipinski definition) is 7. The summed E-state index contributed by atoms with van der Waals surface area (Å²) in [5.41, 5.74) is 1.83. The highest BCUT2D eigenvalue weighted by atomic mass is 35.5. The second-order valence-electron chi connectivity index (χ2n) is 12.0. The van der Waals surface area contributed by atoms with Crippen LogP contribution in [-0.2, 0) is 16.1 Å². The molecular formula is C31H37ClO7. The normalized spacial score (nSPS) is 24.3. The summed E-state index contributed by atoms with van der Waals surface area (Å²) in [5, 5.41) is 11.2. The number of fused-ring (bicyclic) bond motifs is 4. The van der Waals surface area contributed by atoms with Gasteiger partial charge in [0.1, 0.15) is 23.7 Å². The van der Waals surface area contributed by atoms with E-state index >= 15 is 0 Å². The van der Waals surface area contributed by atoms with Gasteiger partial charge in [0.05, 0.1) is 29.2 Å². The van der Waals surface area contributed by atoms with Crippen LogP contribution >= 0.6 is 11.6 Å². The van der Waals surface area contributed by atoms with E-state index in [9.17, 15) is 14.7 Å². The third-order valence-corrected chi connectivity index (χ3v) is 9.48. The summed E-state index contributed by atoms with van der Waals surface area (Å²) in [6.07, 6.45) is 3.75. The van der Waals surface area contributed by atoms with Crippen LogP contribution in [0, 0.1) is 37.0 Å². The Labute approximate surface area is 234 Å². The second-order valence-corrected chi connectivity index (χ2v) is 12.4. The number of methoxy groups -OCH3 is 1. The third-order valence-electron chi connectivity index (χ3n) is 8.97. The van der Waals surface area contributed by atoms with Crippen LogP contribution in [0.25, 0.3) is 0 Å². The van der Waals surface area contributed by atoms with Crippen LogP contribution in [0.4, 0.5) is 0 Å². The predicted octanol–water partition coefficient (Wildman–Crippen LogP) is 7.24. The minimum Gasteiger partial charge on any atom is -0.495 e. The SMILES string of the molecule is COc1c([C@@H](O)CC(C)C)ccc2c1C(=O)OCc1c(Cl)c(C)c(C)c(OC(=O)[C@]3(C)C[C@@H]4CC[C@H]3C4)c1O2. The number of aliphatic hydroxyl groups is 1. The lowest BCUT2D eigenvalue weighted by Gasteiger charge is -2.32. The highest BCUT2D eigenvalue weighted by molar-refractivity contribution is 6.32. The van der Waals surface area contributed by atoms with E-state index in [-0.39, 0.29) is 47.1 Å². The fourth-order valence-electron chi connectivity index (χ4n) is 6.63. The molecule has 3 aliphatic rings. The molecule has 1 aliphatic heterocycles. The molecule has 1 heterocycles. The highest BCUT2D eigenvalue weighted by Crippen LogP contribution is 2.57. The summed E-state index contributed by atoms with van der Waals surface area (Å²) in [4.78, 5) is 26.9. The molecule has 0 saturated heterocycles. The molecule has 2 aliphatic carbocycles. The number of cyclic esters (lactones) is 1. The molecule has 0 unspecified atom stereocenters. The van der Waals surface area contributed by atoms with Crippen LogP contribution in [0.1, 0.15) is 91.6 Å². The quantitative estimate of drug-likeness (QED) is 0.296. The van der Waals surface area contributed by atoms with Gasteiger partial charge in [-0.3, -0.25) is 4.79 Å². The molecular weight excluding hydrogens is 520 g/mol. The lowest BCUT2D eigenvalue weighted by atomic mass is 9.75. The zero-order chi connectivity index (χ0) is 28.2. The first-order valence-corrected chi connectivity index (χ1v) is 14.1. The Hall–Kier alpha value is -2.77. The maximum Gasteiger partial charge on any atom is 0.346 e. The number of carbonyl (C=O) groups is 2. The maximum atomic E-state index is 13.7. The Morgan fingerprint density at radius 3 is 2.56 bits per heavy atom. The van der Waals surface area contributed by atoms with Crippen molar-refractivity contribution < 1.29 is 33.6 Å². The van der Waals surface area contributed by atoms with Gasteiger partial charge in [-0.2, -0.15) is 0 Å². The van der Waals surface area contributed by atoms with Gasteiger partial charge in [-0.15, -0.1) is 0 Å². The second kappa shape index (κ2) is 10.3. The van der Waals surface area contributed by atoms with Crippen molar-refractivity contribution in [3.63, 3.8) is 0 Å². The lowest BCUT2D eigenvalue weighted by Crippen LogP contribution is -2.37. The predicted molar refractivity (Wildman–Crippen MR) is 147 cm³/mol. The van der Waals surface area contributed by atoms with E-state index in [0.717, 1.165) is 24.8 Å². The van der Waals surface area contributed by atoms with Crippen molar-refractivity contribution in [2.75, 3.05) is 7.11 Å². The van der Waals surface area contributed by atoms with Crippen molar-refractivity contribution in [2.24, 2.45) is 23.2 Å². The first kappa shape index (κ1) is 27.8. The summed E-state index contributed by atoms with van der Waals surface area (Å²) in [6, 6.07) is 3.29. The first-order chi connectivity index (χ1) is 18.5. The minimum atomic E-state index is -0.839. The van der Waals surface area contributed by atoms with Gasteiger partial charge in [-0.1, -0.05) is 31.9 Å². The zero-order valence-corrected chi connectivity index (χ0v) is 24.2. The summed E-state index contributed by atoms with van der Waals surface area (Å²) in [6.45, 7) is 9.52. The summed E-state index contributed by atoms with van der Waals surface area (Å²) in [7, 11) is 1.44. The summed E-state index contributed by atoms with van der Waals surface area (Å²) >= 11 is 6.74. The Morgan fingerprint density at radius 1 is 1.21 bits per heavy atom. The molecule has 7 nitrogen and oxygen atoms in total. The molecule has 0 radical (unpaired) electrons. The summed E-state index contributed by atoms with van der Waals surface area (Å²) < 4.78 is 23.9. The maximum absolute atomic E-state index is 13.7. The molecule has 2 bridgehead atoms. The van der Waals surface area contributed by atoms with Gasteiger partial charge in [0.2, 0.25) is 0 Å². The fourth-order valence-corrected chi connectivity index (χ4v) is 6.91. The van der Waals surface area contributed by atoms with Crippen molar-refractivity contribution in [3.8, 4) is 23.0 Å². The van der Waals surface area contributed by atoms with Crippen molar-refractivity contribution in [3.05, 3.63) is 45.0 Å². The zero-order valence-electron chi connectivity index (χ0n) is 23.5. The van der Waals surface area contributed by atoms with Crippen LogP contribution in [0.15, 0.2) is 12.1 Å². The van der Waals surface area contributed by atoms with Crippen LogP contribution in [0.2, 0.25) is 5.02 Å². The Bertz CT molecular complexity index is 1330. The van der Waals surface area contributed by atoms with Gasteiger partial charge in [0, 0.05) is 11.1 Å². The number of benzene rings is 2. The molecule has 0 aromatic heterocycles. The Kier molecular flexibility index (Phi) is 7.36. The smallest absolute Gasteiger partial charge is 0.346 e. The number of hydrogen-bond donors (Lipinski definition) is 1. The molecule has 4 atom stereocenters. The van der Waals surface area contributed by atoms with Crippen molar-refractivity contribution in [2.45, 2.75) is 79.4 Å². The minimum absolute atomic E-state index is 0.0650. The molecule has 210 valence electrons. The highest BCUT2D eigenvalue weighted by Gasteiger charge is 2.53. The number of ether oxygens (including phenoxy) is 4. The number of esters is 2. The van der Waals surface area contributed by atoms with Crippen LogP contribution in [0.3, 0.4) is 0 Å². The molecule has 39 heavy (non-hydrogen) atoms. The lowest BCUT2D eigenvalue weighted by molar-refractivity contribution is -0.148. The largest absolute Gasteiger partial charge is 0.495 e. The van der Waals surface area contributed by atoms with Gasteiger partial charge in [-0.05, 0) is 81.9 Å². The standard InChI is InChI=1S/C31H37ClO7/c1-15(2)11-22(33)20-9-10-23-24(27(20)36-6)29(34)37-14-21-25(32)16(3)17(4)26(28(21)38-23)39-30(35)31(5)13-18-7-8-19(31)12-18/h9-10,15,18-19,22,33H,7-8,11-14H2,1-6H3/t18-,19+,22+,31-/m1/s1. The van der Waals surface area contributed by atoms with E-state index in [1.165, 1.54) is 13.5 Å². The molecule has 2 saturated carbocycles. The van der Waals surface area contributed by atoms with Crippen molar-refractivity contribution in [1.82, 2.24) is 0 Å². The van der Waals surface area contributed by atoms with Crippen LogP contribution in [-0.4, -0.2) is 24.2 Å². The average Bonchev–Trinajstić information content (AvgIpc) is 3.48. The van der Waals surface area contributed by atoms with E-state index < -0.39 is 17.5 Å². The number of halogens is 1. The van der Waals surface area contributed by atoms with Gasteiger partial charge in [-0.25, -0.2) is 4.79 Å². The Morgan fingerprint density at radius 2 is 1.95 bits per heavy atom. The van der Waals surface area contributed by atoms with Gasteiger partial charge >= 0.3 is 11.9 Å². The summed E-state index contributed by atoms with van der Waals surface area (Å²) in [5.74, 6) is 1.07. The van der Waals surface area contributed by atoms with E-state index in [1.54, 1.807) is 12.1 Å². The van der Waals surface area contributed by atoms with Gasteiger partial charge in [0.25, 0.3) is 0 Å². The average molecular weight is 557 g/mol. The third kappa shape index (κ3) is 4.67. The number of aliphatic hydroxyl groups excluding tert-OH is 1. The van der Waals surface area contributed by atoms with Crippen molar-refractivity contribution in [1.29, 1.82) is 0 Å². The van der Waals surface area contributed by atoms with E-state index in [4.69, 9.17) is 30.5 Å². The molecule has 2 aromatic rings. The van der Waals surface area contributed by atoms with Crippen LogP contribution < -0.4 is 14.2 Å². The van der Waals surface area contributed by atoms with Gasteiger partial charge < -0.3 is 24.1 Å². The van der Waals surface area contributed by atoms with E-state index in [0.29, 0.717) is 40.0 Å².